The summed E-state index contributed by atoms with van der Waals surface area (Å²) in [6.07, 6.45) is 4.22. The first kappa shape index (κ1) is 12.9. The standard InChI is InChI=1S/C17H19NO3/c19-16(14-9-13(14)11-5-6-11)18-8-7-10-3-1-2-4-12(10)15(18)17(20)21/h1-4,11,13-15H,5-9H2,(H,20,21). The van der Waals surface area contributed by atoms with E-state index in [1.807, 2.05) is 24.3 Å². The molecule has 1 amide bonds. The highest BCUT2D eigenvalue weighted by atomic mass is 16.4. The molecule has 1 heterocycles. The van der Waals surface area contributed by atoms with Crippen molar-refractivity contribution in [3.05, 3.63) is 35.4 Å². The summed E-state index contributed by atoms with van der Waals surface area (Å²) in [5.41, 5.74) is 1.84. The molecule has 0 saturated heterocycles. The molecule has 4 rings (SSSR count). The van der Waals surface area contributed by atoms with Crippen molar-refractivity contribution >= 4 is 11.9 Å². The number of carbonyl (C=O) groups is 2. The number of hydrogen-bond acceptors (Lipinski definition) is 2. The monoisotopic (exact) mass is 285 g/mol. The summed E-state index contributed by atoms with van der Waals surface area (Å²) in [5.74, 6) is 0.501. The molecule has 21 heavy (non-hydrogen) atoms. The smallest absolute Gasteiger partial charge is 0.331 e. The Balaban J connectivity index is 1.60. The molecule has 0 radical (unpaired) electrons. The number of carbonyl (C=O) groups excluding carboxylic acids is 1. The van der Waals surface area contributed by atoms with Gasteiger partial charge in [-0.2, -0.15) is 0 Å². The summed E-state index contributed by atoms with van der Waals surface area (Å²) in [7, 11) is 0. The maximum absolute atomic E-state index is 12.7. The molecule has 0 spiro atoms. The Morgan fingerprint density at radius 2 is 1.95 bits per heavy atom. The molecule has 110 valence electrons. The lowest BCUT2D eigenvalue weighted by molar-refractivity contribution is -0.152. The molecular formula is C17H19NO3. The molecule has 3 aliphatic rings. The minimum Gasteiger partial charge on any atom is -0.479 e. The first-order valence-corrected chi connectivity index (χ1v) is 7.78. The molecule has 2 fully saturated rings. The number of rotatable bonds is 3. The number of hydrogen-bond donors (Lipinski definition) is 1. The number of carboxylic acids is 1. The molecule has 1 aliphatic heterocycles. The molecule has 3 atom stereocenters. The Bertz CT molecular complexity index is 608. The van der Waals surface area contributed by atoms with E-state index in [0.29, 0.717) is 12.5 Å². The van der Waals surface area contributed by atoms with E-state index in [2.05, 4.69) is 0 Å². The van der Waals surface area contributed by atoms with E-state index in [-0.39, 0.29) is 11.8 Å². The van der Waals surface area contributed by atoms with Crippen molar-refractivity contribution < 1.29 is 14.7 Å². The Labute approximate surface area is 123 Å². The number of aliphatic carboxylic acids is 1. The van der Waals surface area contributed by atoms with Crippen LogP contribution in [-0.2, 0) is 16.0 Å². The van der Waals surface area contributed by atoms with Crippen LogP contribution in [0.25, 0.3) is 0 Å². The molecule has 4 heteroatoms. The minimum atomic E-state index is -0.917. The van der Waals surface area contributed by atoms with Crippen molar-refractivity contribution in [2.24, 2.45) is 17.8 Å². The fourth-order valence-electron chi connectivity index (χ4n) is 3.83. The summed E-state index contributed by atoms with van der Waals surface area (Å²) in [5, 5.41) is 9.60. The fraction of sp³-hybridized carbons (Fsp3) is 0.529. The van der Waals surface area contributed by atoms with Gasteiger partial charge in [0.25, 0.3) is 0 Å². The van der Waals surface area contributed by atoms with Gasteiger partial charge in [-0.15, -0.1) is 0 Å². The Morgan fingerprint density at radius 1 is 1.19 bits per heavy atom. The van der Waals surface area contributed by atoms with Crippen LogP contribution in [0.4, 0.5) is 0 Å². The van der Waals surface area contributed by atoms with Crippen molar-refractivity contribution in [1.29, 1.82) is 0 Å². The average Bonchev–Trinajstić information content (AvgIpc) is 3.37. The molecular weight excluding hydrogens is 266 g/mol. The molecule has 2 aliphatic carbocycles. The van der Waals surface area contributed by atoms with Gasteiger partial charge in [-0.05, 0) is 48.6 Å². The van der Waals surface area contributed by atoms with Crippen LogP contribution < -0.4 is 0 Å². The van der Waals surface area contributed by atoms with Crippen LogP contribution in [0, 0.1) is 17.8 Å². The molecule has 1 aromatic rings. The quantitative estimate of drug-likeness (QED) is 0.926. The van der Waals surface area contributed by atoms with Crippen LogP contribution in [0.5, 0.6) is 0 Å². The lowest BCUT2D eigenvalue weighted by atomic mass is 9.92. The Hall–Kier alpha value is -1.84. The predicted molar refractivity (Wildman–Crippen MR) is 76.6 cm³/mol. The Morgan fingerprint density at radius 3 is 2.67 bits per heavy atom. The topological polar surface area (TPSA) is 57.6 Å². The second-order valence-electron chi connectivity index (χ2n) is 6.56. The Kier molecular flexibility index (Phi) is 2.81. The van der Waals surface area contributed by atoms with Gasteiger partial charge in [0.05, 0.1) is 0 Å². The number of amides is 1. The third kappa shape index (κ3) is 2.13. The van der Waals surface area contributed by atoms with Crippen LogP contribution in [0.2, 0.25) is 0 Å². The summed E-state index contributed by atoms with van der Waals surface area (Å²) in [4.78, 5) is 26.0. The SMILES string of the molecule is O=C(O)C1c2ccccc2CCN1C(=O)C1CC1C1CC1. The highest BCUT2D eigenvalue weighted by molar-refractivity contribution is 5.88. The lowest BCUT2D eigenvalue weighted by Gasteiger charge is -2.35. The number of fused-ring (bicyclic) bond motifs is 1. The highest BCUT2D eigenvalue weighted by Crippen LogP contribution is 2.55. The zero-order valence-electron chi connectivity index (χ0n) is 11.9. The number of benzene rings is 1. The van der Waals surface area contributed by atoms with E-state index in [1.54, 1.807) is 4.90 Å². The molecule has 4 nitrogen and oxygen atoms in total. The first-order chi connectivity index (χ1) is 10.2. The summed E-state index contributed by atoms with van der Waals surface area (Å²) >= 11 is 0. The first-order valence-electron chi connectivity index (χ1n) is 7.78. The van der Waals surface area contributed by atoms with E-state index in [1.165, 1.54) is 12.8 Å². The maximum Gasteiger partial charge on any atom is 0.331 e. The van der Waals surface area contributed by atoms with E-state index in [4.69, 9.17) is 0 Å². The number of carboxylic acid groups (broad SMARTS) is 1. The van der Waals surface area contributed by atoms with Gasteiger partial charge in [-0.1, -0.05) is 24.3 Å². The molecule has 1 N–H and O–H groups in total. The van der Waals surface area contributed by atoms with Crippen LogP contribution in [-0.4, -0.2) is 28.4 Å². The fourth-order valence-corrected chi connectivity index (χ4v) is 3.83. The van der Waals surface area contributed by atoms with Crippen LogP contribution in [0.15, 0.2) is 24.3 Å². The van der Waals surface area contributed by atoms with Crippen molar-refractivity contribution in [2.75, 3.05) is 6.54 Å². The van der Waals surface area contributed by atoms with Crippen LogP contribution in [0.3, 0.4) is 0 Å². The summed E-state index contributed by atoms with van der Waals surface area (Å²) < 4.78 is 0. The molecule has 0 bridgehead atoms. The minimum absolute atomic E-state index is 0.0637. The van der Waals surface area contributed by atoms with Gasteiger partial charge in [-0.25, -0.2) is 4.79 Å². The van der Waals surface area contributed by atoms with Gasteiger partial charge >= 0.3 is 5.97 Å². The van der Waals surface area contributed by atoms with Crippen molar-refractivity contribution in [1.82, 2.24) is 4.90 Å². The van der Waals surface area contributed by atoms with Gasteiger partial charge in [0, 0.05) is 12.5 Å². The highest BCUT2D eigenvalue weighted by Gasteiger charge is 2.53. The lowest BCUT2D eigenvalue weighted by Crippen LogP contribution is -2.44. The third-order valence-corrected chi connectivity index (χ3v) is 5.18. The average molecular weight is 285 g/mol. The van der Waals surface area contributed by atoms with Crippen molar-refractivity contribution in [3.63, 3.8) is 0 Å². The molecule has 2 saturated carbocycles. The molecule has 3 unspecified atom stereocenters. The van der Waals surface area contributed by atoms with Gasteiger partial charge < -0.3 is 10.0 Å². The molecule has 0 aromatic heterocycles. The summed E-state index contributed by atoms with van der Waals surface area (Å²) in [6, 6.07) is 6.80. The van der Waals surface area contributed by atoms with Gasteiger partial charge in [-0.3, -0.25) is 4.79 Å². The second-order valence-corrected chi connectivity index (χ2v) is 6.56. The van der Waals surface area contributed by atoms with E-state index in [0.717, 1.165) is 29.9 Å². The van der Waals surface area contributed by atoms with Gasteiger partial charge in [0.1, 0.15) is 0 Å². The number of nitrogens with zero attached hydrogens (tertiary/aromatic N) is 1. The van der Waals surface area contributed by atoms with E-state index >= 15 is 0 Å². The van der Waals surface area contributed by atoms with Crippen LogP contribution in [0.1, 0.15) is 36.4 Å². The predicted octanol–water partition coefficient (Wildman–Crippen LogP) is 2.24. The maximum atomic E-state index is 12.7. The molecule has 1 aromatic carbocycles. The van der Waals surface area contributed by atoms with Crippen molar-refractivity contribution in [3.8, 4) is 0 Å². The zero-order valence-corrected chi connectivity index (χ0v) is 11.9. The van der Waals surface area contributed by atoms with Gasteiger partial charge in [0.2, 0.25) is 5.91 Å². The van der Waals surface area contributed by atoms with Crippen LogP contribution >= 0.6 is 0 Å². The normalized spacial score (nSPS) is 30.7. The van der Waals surface area contributed by atoms with Crippen molar-refractivity contribution in [2.45, 2.75) is 31.7 Å². The van der Waals surface area contributed by atoms with E-state index in [9.17, 15) is 14.7 Å². The largest absolute Gasteiger partial charge is 0.479 e. The summed E-state index contributed by atoms with van der Waals surface area (Å²) in [6.45, 7) is 0.528. The zero-order chi connectivity index (χ0) is 14.6. The second kappa shape index (κ2) is 4.58. The van der Waals surface area contributed by atoms with E-state index < -0.39 is 12.0 Å². The van der Waals surface area contributed by atoms with Gasteiger partial charge in [0.15, 0.2) is 6.04 Å². The third-order valence-electron chi connectivity index (χ3n) is 5.18.